The smallest absolute Gasteiger partial charge is 0.354 e. The molecule has 1 amide bonds. The number of alkyl halides is 1. The van der Waals surface area contributed by atoms with Gasteiger partial charge in [-0.15, -0.1) is 11.8 Å². The van der Waals surface area contributed by atoms with Crippen molar-refractivity contribution in [3.63, 3.8) is 0 Å². The average molecular weight is 477 g/mol. The summed E-state index contributed by atoms with van der Waals surface area (Å²) in [7, 11) is -1.44. The molecule has 6 nitrogen and oxygen atoms in total. The maximum atomic E-state index is 13.2. The number of carbonyl (C=O) groups excluding carboxylic acids is 1. The van der Waals surface area contributed by atoms with Crippen LogP contribution in [0.25, 0.3) is 0 Å². The minimum atomic E-state index is -1.44. The first-order valence-corrected chi connectivity index (χ1v) is 15.0. The van der Waals surface area contributed by atoms with Gasteiger partial charge in [0.05, 0.1) is 15.8 Å². The molecule has 3 rings (SSSR count). The van der Waals surface area contributed by atoms with E-state index in [9.17, 15) is 19.1 Å². The highest BCUT2D eigenvalue weighted by Gasteiger charge is 2.65. The molecule has 2 fully saturated rings. The number of amides is 1. The number of fused-ring (bicyclic) bond motifs is 1. The lowest BCUT2D eigenvalue weighted by molar-refractivity contribution is -0.173. The highest BCUT2D eigenvalue weighted by Crippen LogP contribution is 2.59. The van der Waals surface area contributed by atoms with E-state index in [1.54, 1.807) is 0 Å². The first-order valence-electron chi connectivity index (χ1n) is 10.5. The lowest BCUT2D eigenvalue weighted by Crippen LogP contribution is -2.69. The zero-order valence-electron chi connectivity index (χ0n) is 18.6. The molecule has 0 spiro atoms. The van der Waals surface area contributed by atoms with Crippen molar-refractivity contribution in [2.24, 2.45) is 11.3 Å². The van der Waals surface area contributed by atoms with Gasteiger partial charge in [0.25, 0.3) is 0 Å². The second kappa shape index (κ2) is 8.76. The minimum absolute atomic E-state index is 0.109. The Morgan fingerprint density at radius 2 is 2.03 bits per heavy atom. The zero-order chi connectivity index (χ0) is 22.4. The number of aliphatic carboxylic acids is 1. The van der Waals surface area contributed by atoms with E-state index in [-0.39, 0.29) is 40.2 Å². The Morgan fingerprint density at radius 3 is 2.57 bits per heavy atom. The van der Waals surface area contributed by atoms with Crippen LogP contribution >= 0.6 is 23.5 Å². The van der Waals surface area contributed by atoms with Crippen molar-refractivity contribution >= 4 is 44.4 Å². The summed E-state index contributed by atoms with van der Waals surface area (Å²) in [5.74, 6) is -1.59. The van der Waals surface area contributed by atoms with E-state index in [0.717, 1.165) is 19.5 Å². The lowest BCUT2D eigenvalue weighted by Gasteiger charge is -2.56. The van der Waals surface area contributed by atoms with Gasteiger partial charge in [-0.2, -0.15) is 0 Å². The number of thioether (sulfide) groups is 2. The van der Waals surface area contributed by atoms with Gasteiger partial charge in [0.1, 0.15) is 12.0 Å². The molecule has 0 aromatic rings. The summed E-state index contributed by atoms with van der Waals surface area (Å²) in [5, 5.41) is 9.84. The summed E-state index contributed by atoms with van der Waals surface area (Å²) in [6, 6.07) is 0. The number of β-lactam (4-membered cyclic amide) rings is 1. The van der Waals surface area contributed by atoms with Gasteiger partial charge in [0.15, 0.2) is 14.7 Å². The Labute approximate surface area is 188 Å². The van der Waals surface area contributed by atoms with Crippen LogP contribution in [0.2, 0.25) is 13.1 Å². The molecule has 3 aliphatic rings. The van der Waals surface area contributed by atoms with E-state index in [2.05, 4.69) is 38.8 Å². The molecule has 170 valence electrons. The van der Waals surface area contributed by atoms with Crippen molar-refractivity contribution in [3.8, 4) is 0 Å². The molecule has 2 saturated heterocycles. The van der Waals surface area contributed by atoms with E-state index in [0.29, 0.717) is 10.8 Å². The molecule has 0 aliphatic carbocycles. The van der Waals surface area contributed by atoms with Crippen LogP contribution in [-0.2, 0) is 14.0 Å². The van der Waals surface area contributed by atoms with Gasteiger partial charge in [-0.1, -0.05) is 32.5 Å². The first-order chi connectivity index (χ1) is 13.9. The Hall–Kier alpha value is -0.553. The van der Waals surface area contributed by atoms with Crippen molar-refractivity contribution < 1.29 is 23.5 Å². The normalized spacial score (nSPS) is 29.4. The summed E-state index contributed by atoms with van der Waals surface area (Å²) >= 11 is 3.03. The number of likely N-dealkylation sites (tertiary alicyclic amines) is 1. The van der Waals surface area contributed by atoms with E-state index in [1.807, 2.05) is 6.92 Å². The van der Waals surface area contributed by atoms with E-state index >= 15 is 0 Å². The zero-order valence-corrected chi connectivity index (χ0v) is 21.4. The topological polar surface area (TPSA) is 70.1 Å². The number of nitrogens with zero attached hydrogens (tertiary/aromatic N) is 2. The third kappa shape index (κ3) is 4.22. The number of hydrogen-bond donors (Lipinski definition) is 1. The fourth-order valence-electron chi connectivity index (χ4n) is 4.44. The Bertz CT molecular complexity index is 745. The maximum absolute atomic E-state index is 13.2. The van der Waals surface area contributed by atoms with Crippen molar-refractivity contribution in [1.82, 2.24) is 9.80 Å². The minimum Gasteiger partial charge on any atom is -0.477 e. The van der Waals surface area contributed by atoms with E-state index in [1.165, 1.54) is 28.4 Å². The summed E-state index contributed by atoms with van der Waals surface area (Å²) in [6.45, 7) is 14.1. The molecule has 3 heterocycles. The summed E-state index contributed by atoms with van der Waals surface area (Å²) in [4.78, 5) is 28.8. The van der Waals surface area contributed by atoms with Gasteiger partial charge >= 0.3 is 5.97 Å². The van der Waals surface area contributed by atoms with Gasteiger partial charge in [-0.3, -0.25) is 14.6 Å². The van der Waals surface area contributed by atoms with E-state index in [4.69, 9.17) is 4.43 Å². The molecule has 10 heteroatoms. The Morgan fingerprint density at radius 1 is 1.37 bits per heavy atom. The largest absolute Gasteiger partial charge is 0.477 e. The second-order valence-corrected chi connectivity index (χ2v) is 14.7. The van der Waals surface area contributed by atoms with Crippen LogP contribution in [0, 0.1) is 11.3 Å². The molecule has 4 atom stereocenters. The third-order valence-electron chi connectivity index (χ3n) is 6.37. The number of halogens is 1. The molecule has 3 aliphatic heterocycles. The van der Waals surface area contributed by atoms with Gasteiger partial charge in [-0.05, 0) is 38.4 Å². The molecular weight excluding hydrogens is 443 g/mol. The Balaban J connectivity index is 1.82. The van der Waals surface area contributed by atoms with Crippen molar-refractivity contribution in [2.75, 3.05) is 26.3 Å². The van der Waals surface area contributed by atoms with Crippen LogP contribution in [0.3, 0.4) is 0 Å². The van der Waals surface area contributed by atoms with Gasteiger partial charge in [-0.25, -0.2) is 9.18 Å². The fourth-order valence-corrected chi connectivity index (χ4v) is 9.30. The van der Waals surface area contributed by atoms with Crippen molar-refractivity contribution in [3.05, 3.63) is 9.93 Å². The first kappa shape index (κ1) is 24.1. The van der Waals surface area contributed by atoms with Crippen LogP contribution in [0.1, 0.15) is 34.1 Å². The molecule has 0 unspecified atom stereocenters. The number of hydrogen-bond acceptors (Lipinski definition) is 6. The molecule has 0 saturated carbocycles. The van der Waals surface area contributed by atoms with Crippen LogP contribution in [0.15, 0.2) is 9.93 Å². The lowest BCUT2D eigenvalue weighted by atomic mass is 9.66. The SMILES string of the molecule is C[SiH](C)O[C@@](C)([C@@H]1C(=O)N2C(C(=O)O)=C(S[C@H]3CCN(CCF)C3)S[C@H]12)C(C)(C)C. The molecule has 0 aromatic carbocycles. The number of carbonyl (C=O) groups is 2. The van der Waals surface area contributed by atoms with Crippen LogP contribution in [0.5, 0.6) is 0 Å². The molecular formula is C20H33FN2O4S2Si. The average Bonchev–Trinajstić information content (AvgIpc) is 3.16. The predicted octanol–water partition coefficient (Wildman–Crippen LogP) is 3.35. The van der Waals surface area contributed by atoms with Gasteiger partial charge in [0, 0.05) is 18.3 Å². The van der Waals surface area contributed by atoms with Crippen molar-refractivity contribution in [2.45, 2.75) is 63.4 Å². The highest BCUT2D eigenvalue weighted by molar-refractivity contribution is 8.23. The number of carboxylic acids is 1. The van der Waals surface area contributed by atoms with Gasteiger partial charge in [0.2, 0.25) is 5.91 Å². The summed E-state index contributed by atoms with van der Waals surface area (Å²) < 4.78 is 19.8. The Kier molecular flexibility index (Phi) is 7.04. The fraction of sp³-hybridized carbons (Fsp3) is 0.800. The number of carboxylic acid groups (broad SMARTS) is 1. The summed E-state index contributed by atoms with van der Waals surface area (Å²) in [6.07, 6.45) is 0.894. The molecule has 1 N–H and O–H groups in total. The van der Waals surface area contributed by atoms with Gasteiger partial charge < -0.3 is 9.53 Å². The third-order valence-corrected chi connectivity index (χ3v) is 10.2. The maximum Gasteiger partial charge on any atom is 0.354 e. The monoisotopic (exact) mass is 476 g/mol. The predicted molar refractivity (Wildman–Crippen MR) is 123 cm³/mol. The van der Waals surface area contributed by atoms with Crippen LogP contribution in [-0.4, -0.2) is 78.4 Å². The molecule has 0 radical (unpaired) electrons. The van der Waals surface area contributed by atoms with Crippen LogP contribution < -0.4 is 0 Å². The van der Waals surface area contributed by atoms with E-state index < -0.39 is 20.6 Å². The molecule has 0 bridgehead atoms. The number of rotatable bonds is 8. The summed E-state index contributed by atoms with van der Waals surface area (Å²) in [5.41, 5.74) is -0.819. The second-order valence-electron chi connectivity index (χ2n) is 9.68. The standard InChI is InChI=1S/C20H33FN2O4S2Si/c1-19(2,3)20(4,27-30(5)6)13-15(24)23-14(17(25)26)18(29-16(13)23)28-12-7-9-22(11-12)10-8-21/h12-13,16,30H,7-11H2,1-6H3,(H,25,26)/t12-,13+,16+,20-/m0/s1. The quantitative estimate of drug-likeness (QED) is 0.425. The molecule has 0 aromatic heterocycles. The van der Waals surface area contributed by atoms with Crippen molar-refractivity contribution in [1.29, 1.82) is 0 Å². The molecule has 30 heavy (non-hydrogen) atoms. The van der Waals surface area contributed by atoms with Crippen LogP contribution in [0.4, 0.5) is 4.39 Å². The highest BCUT2D eigenvalue weighted by atomic mass is 32.2.